The molecule has 0 aliphatic heterocycles. The number of unbranched alkanes of at least 4 members (excludes halogenated alkanes) is 1. The summed E-state index contributed by atoms with van der Waals surface area (Å²) in [4.78, 5) is 25.0. The maximum atomic E-state index is 13.3. The topological polar surface area (TPSA) is 92.8 Å². The van der Waals surface area contributed by atoms with Crippen molar-refractivity contribution < 1.29 is 22.7 Å². The van der Waals surface area contributed by atoms with Gasteiger partial charge in [0.2, 0.25) is 15.9 Å². The van der Waals surface area contributed by atoms with Gasteiger partial charge in [-0.05, 0) is 54.8 Å². The van der Waals surface area contributed by atoms with E-state index in [1.807, 2.05) is 37.3 Å². The second-order valence-electron chi connectivity index (χ2n) is 8.00. The van der Waals surface area contributed by atoms with Crippen LogP contribution in [-0.2, 0) is 26.0 Å². The van der Waals surface area contributed by atoms with Crippen LogP contribution in [0.15, 0.2) is 89.8 Å². The van der Waals surface area contributed by atoms with Gasteiger partial charge in [0.05, 0.1) is 23.6 Å². The second-order valence-corrected chi connectivity index (χ2v) is 9.94. The molecule has 0 unspecified atom stereocenters. The van der Waals surface area contributed by atoms with Crippen LogP contribution in [0.1, 0.15) is 35.7 Å². The smallest absolute Gasteiger partial charge is 0.338 e. The normalized spacial score (nSPS) is 11.3. The van der Waals surface area contributed by atoms with E-state index in [9.17, 15) is 18.0 Å². The molecule has 3 rings (SSSR count). The zero-order valence-corrected chi connectivity index (χ0v) is 20.5. The third-order valence-electron chi connectivity index (χ3n) is 5.33. The molecule has 0 saturated heterocycles. The summed E-state index contributed by atoms with van der Waals surface area (Å²) in [6.07, 6.45) is 2.20. The van der Waals surface area contributed by atoms with Gasteiger partial charge in [-0.1, -0.05) is 61.9 Å². The van der Waals surface area contributed by atoms with Crippen molar-refractivity contribution in [1.82, 2.24) is 4.31 Å². The highest BCUT2D eigenvalue weighted by Crippen LogP contribution is 2.17. The molecule has 0 heterocycles. The van der Waals surface area contributed by atoms with Crippen molar-refractivity contribution in [3.8, 4) is 0 Å². The fraction of sp³-hybridized carbons (Fsp3) is 0.259. The highest BCUT2D eigenvalue weighted by molar-refractivity contribution is 7.89. The molecule has 0 spiro atoms. The first-order chi connectivity index (χ1) is 16.9. The van der Waals surface area contributed by atoms with E-state index in [0.29, 0.717) is 24.3 Å². The van der Waals surface area contributed by atoms with E-state index in [2.05, 4.69) is 5.32 Å². The number of benzene rings is 3. The van der Waals surface area contributed by atoms with E-state index in [4.69, 9.17) is 4.74 Å². The molecule has 1 N–H and O–H groups in total. The Morgan fingerprint density at radius 2 is 1.51 bits per heavy atom. The van der Waals surface area contributed by atoms with E-state index >= 15 is 0 Å². The summed E-state index contributed by atoms with van der Waals surface area (Å²) < 4.78 is 32.9. The average Bonchev–Trinajstić information content (AvgIpc) is 2.88. The Morgan fingerprint density at radius 3 is 2.14 bits per heavy atom. The van der Waals surface area contributed by atoms with Gasteiger partial charge in [-0.25, -0.2) is 13.2 Å². The SMILES string of the molecule is CCCCOC(=O)c1ccc(NC(=O)CN(CCc2ccccc2)S(=O)(=O)c2ccccc2)cc1. The van der Waals surface area contributed by atoms with Gasteiger partial charge in [0, 0.05) is 12.2 Å². The quantitative estimate of drug-likeness (QED) is 0.295. The molecule has 184 valence electrons. The number of carbonyl (C=O) groups is 2. The number of nitrogens with one attached hydrogen (secondary N) is 1. The highest BCUT2D eigenvalue weighted by atomic mass is 32.2. The third-order valence-corrected chi connectivity index (χ3v) is 7.19. The van der Waals surface area contributed by atoms with Crippen molar-refractivity contribution in [3.05, 3.63) is 96.1 Å². The Bertz CT molecular complexity index is 1200. The molecule has 3 aromatic carbocycles. The second kappa shape index (κ2) is 12.8. The predicted molar refractivity (Wildman–Crippen MR) is 136 cm³/mol. The van der Waals surface area contributed by atoms with Crippen LogP contribution < -0.4 is 5.32 Å². The van der Waals surface area contributed by atoms with Crippen molar-refractivity contribution in [3.63, 3.8) is 0 Å². The van der Waals surface area contributed by atoms with Gasteiger partial charge in [0.15, 0.2) is 0 Å². The first-order valence-corrected chi connectivity index (χ1v) is 13.0. The summed E-state index contributed by atoms with van der Waals surface area (Å²) in [5.41, 5.74) is 1.82. The number of nitrogens with zero attached hydrogens (tertiary/aromatic N) is 1. The van der Waals surface area contributed by atoms with E-state index < -0.39 is 21.9 Å². The minimum absolute atomic E-state index is 0.131. The lowest BCUT2D eigenvalue weighted by Gasteiger charge is -2.22. The highest BCUT2D eigenvalue weighted by Gasteiger charge is 2.26. The molecule has 35 heavy (non-hydrogen) atoms. The Hall–Kier alpha value is -3.49. The molecule has 1 amide bonds. The van der Waals surface area contributed by atoms with Crippen LogP contribution >= 0.6 is 0 Å². The molecule has 7 nitrogen and oxygen atoms in total. The summed E-state index contributed by atoms with van der Waals surface area (Å²) in [6.45, 7) is 2.18. The third kappa shape index (κ3) is 7.77. The van der Waals surface area contributed by atoms with Gasteiger partial charge < -0.3 is 10.1 Å². The number of esters is 1. The van der Waals surface area contributed by atoms with Gasteiger partial charge in [-0.2, -0.15) is 4.31 Å². The van der Waals surface area contributed by atoms with Gasteiger partial charge >= 0.3 is 5.97 Å². The molecule has 0 aliphatic rings. The van der Waals surface area contributed by atoms with Crippen molar-refractivity contribution in [2.45, 2.75) is 31.1 Å². The Morgan fingerprint density at radius 1 is 0.886 bits per heavy atom. The molecular formula is C27H30N2O5S. The number of rotatable bonds is 12. The lowest BCUT2D eigenvalue weighted by Crippen LogP contribution is -2.39. The number of amides is 1. The lowest BCUT2D eigenvalue weighted by atomic mass is 10.1. The fourth-order valence-electron chi connectivity index (χ4n) is 3.37. The van der Waals surface area contributed by atoms with Crippen LogP contribution in [0.2, 0.25) is 0 Å². The van der Waals surface area contributed by atoms with Gasteiger partial charge in [-0.15, -0.1) is 0 Å². The summed E-state index contributed by atoms with van der Waals surface area (Å²) in [7, 11) is -3.88. The number of sulfonamides is 1. The molecule has 3 aromatic rings. The van der Waals surface area contributed by atoms with Gasteiger partial charge in [0.25, 0.3) is 0 Å². The molecule has 0 aliphatic carbocycles. The summed E-state index contributed by atoms with van der Waals surface area (Å²) in [5.74, 6) is -0.895. The van der Waals surface area contributed by atoms with E-state index in [1.54, 1.807) is 42.5 Å². The number of ether oxygens (including phenoxy) is 1. The number of carbonyl (C=O) groups excluding carboxylic acids is 2. The van der Waals surface area contributed by atoms with E-state index in [0.717, 1.165) is 18.4 Å². The number of anilines is 1. The summed E-state index contributed by atoms with van der Waals surface area (Å²) in [6, 6.07) is 23.9. The summed E-state index contributed by atoms with van der Waals surface area (Å²) in [5, 5.41) is 2.72. The zero-order valence-electron chi connectivity index (χ0n) is 19.7. The van der Waals surface area contributed by atoms with Crippen molar-refractivity contribution in [1.29, 1.82) is 0 Å². The minimum Gasteiger partial charge on any atom is -0.462 e. The Balaban J connectivity index is 1.68. The van der Waals surface area contributed by atoms with Crippen molar-refractivity contribution in [2.24, 2.45) is 0 Å². The first kappa shape index (κ1) is 26.1. The molecular weight excluding hydrogens is 464 g/mol. The van der Waals surface area contributed by atoms with Crippen LogP contribution in [0.3, 0.4) is 0 Å². The largest absolute Gasteiger partial charge is 0.462 e. The molecule has 0 aromatic heterocycles. The predicted octanol–water partition coefficient (Wildman–Crippen LogP) is 4.52. The van der Waals surface area contributed by atoms with Crippen LogP contribution in [-0.4, -0.2) is 44.3 Å². The molecule has 0 bridgehead atoms. The first-order valence-electron chi connectivity index (χ1n) is 11.6. The average molecular weight is 495 g/mol. The summed E-state index contributed by atoms with van der Waals surface area (Å²) >= 11 is 0. The van der Waals surface area contributed by atoms with Gasteiger partial charge in [-0.3, -0.25) is 4.79 Å². The molecule has 0 fully saturated rings. The standard InChI is InChI=1S/C27H30N2O5S/c1-2-3-20-34-27(31)23-14-16-24(17-15-23)28-26(30)21-29(19-18-22-10-6-4-7-11-22)35(32,33)25-12-8-5-9-13-25/h4-17H,2-3,18-21H2,1H3,(H,28,30). The molecule has 0 saturated carbocycles. The van der Waals surface area contributed by atoms with E-state index in [1.165, 1.54) is 16.4 Å². The number of hydrogen-bond acceptors (Lipinski definition) is 5. The molecule has 0 radical (unpaired) electrons. The lowest BCUT2D eigenvalue weighted by molar-refractivity contribution is -0.116. The van der Waals surface area contributed by atoms with Crippen LogP contribution in [0, 0.1) is 0 Å². The maximum Gasteiger partial charge on any atom is 0.338 e. The van der Waals surface area contributed by atoms with E-state index in [-0.39, 0.29) is 18.0 Å². The van der Waals surface area contributed by atoms with Crippen molar-refractivity contribution in [2.75, 3.05) is 25.0 Å². The van der Waals surface area contributed by atoms with Gasteiger partial charge in [0.1, 0.15) is 0 Å². The fourth-order valence-corrected chi connectivity index (χ4v) is 4.79. The van der Waals surface area contributed by atoms with Crippen LogP contribution in [0.5, 0.6) is 0 Å². The maximum absolute atomic E-state index is 13.3. The molecule has 8 heteroatoms. The Kier molecular flexibility index (Phi) is 9.57. The zero-order chi connectivity index (χ0) is 25.1. The van der Waals surface area contributed by atoms with Crippen LogP contribution in [0.25, 0.3) is 0 Å². The van der Waals surface area contributed by atoms with Crippen LogP contribution in [0.4, 0.5) is 5.69 Å². The minimum atomic E-state index is -3.88. The number of hydrogen-bond donors (Lipinski definition) is 1. The van der Waals surface area contributed by atoms with Crippen molar-refractivity contribution >= 4 is 27.6 Å². The molecule has 0 atom stereocenters. The monoisotopic (exact) mass is 494 g/mol. The Labute approximate surface area is 206 Å².